The third-order valence-corrected chi connectivity index (χ3v) is 2.41. The molecule has 0 aliphatic rings. The third kappa shape index (κ3) is 1.71. The van der Waals surface area contributed by atoms with Gasteiger partial charge < -0.3 is 4.40 Å². The first-order valence-electron chi connectivity index (χ1n) is 4.84. The summed E-state index contributed by atoms with van der Waals surface area (Å²) in [5.41, 5.74) is 1.63. The second-order valence-electron chi connectivity index (χ2n) is 3.83. The smallest absolute Gasteiger partial charge is 0.264 e. The maximum atomic E-state index is 12.4. The van der Waals surface area contributed by atoms with Gasteiger partial charge in [0.1, 0.15) is 5.65 Å². The van der Waals surface area contributed by atoms with Crippen molar-refractivity contribution >= 4 is 5.65 Å². The molecule has 2 aromatic rings. The van der Waals surface area contributed by atoms with Crippen LogP contribution in [0.2, 0.25) is 0 Å². The van der Waals surface area contributed by atoms with E-state index in [1.807, 2.05) is 18.2 Å². The molecule has 0 aromatic carbocycles. The molecule has 0 fully saturated rings. The van der Waals surface area contributed by atoms with Crippen LogP contribution in [0.1, 0.15) is 37.4 Å². The molecule has 15 heavy (non-hydrogen) atoms. The van der Waals surface area contributed by atoms with Crippen molar-refractivity contribution in [2.24, 2.45) is 0 Å². The summed E-state index contributed by atoms with van der Waals surface area (Å²) < 4.78 is 26.7. The number of nitrogens with zero attached hydrogens (tertiary/aromatic N) is 2. The molecule has 0 saturated carbocycles. The lowest BCUT2D eigenvalue weighted by Crippen LogP contribution is -1.95. The van der Waals surface area contributed by atoms with E-state index in [4.69, 9.17) is 0 Å². The van der Waals surface area contributed by atoms with E-state index < -0.39 is 6.43 Å². The predicted octanol–water partition coefficient (Wildman–Crippen LogP) is 3.40. The summed E-state index contributed by atoms with van der Waals surface area (Å²) in [7, 11) is 0. The fourth-order valence-corrected chi connectivity index (χ4v) is 1.58. The number of rotatable bonds is 2. The van der Waals surface area contributed by atoms with Gasteiger partial charge in [-0.05, 0) is 18.1 Å². The van der Waals surface area contributed by atoms with Gasteiger partial charge in [-0.25, -0.2) is 13.8 Å². The summed E-state index contributed by atoms with van der Waals surface area (Å²) in [6.45, 7) is 4.09. The minimum absolute atomic E-state index is 0.0170. The molecular formula is C11H12F2N2. The molecule has 4 heteroatoms. The van der Waals surface area contributed by atoms with Gasteiger partial charge in [-0.15, -0.1) is 0 Å². The molecule has 2 nitrogen and oxygen atoms in total. The Kier molecular flexibility index (Phi) is 2.42. The van der Waals surface area contributed by atoms with Gasteiger partial charge in [-0.2, -0.15) is 0 Å². The van der Waals surface area contributed by atoms with Crippen LogP contribution >= 0.6 is 0 Å². The van der Waals surface area contributed by atoms with Crippen LogP contribution in [0.5, 0.6) is 0 Å². The molecule has 80 valence electrons. The summed E-state index contributed by atoms with van der Waals surface area (Å²) in [5.74, 6) is 0.331. The van der Waals surface area contributed by atoms with Crippen molar-refractivity contribution in [2.45, 2.75) is 26.2 Å². The van der Waals surface area contributed by atoms with Gasteiger partial charge in [0.05, 0.1) is 0 Å². The lowest BCUT2D eigenvalue weighted by molar-refractivity contribution is 0.151. The molecular weight excluding hydrogens is 198 g/mol. The molecule has 0 saturated heterocycles. The molecule has 0 unspecified atom stereocenters. The lowest BCUT2D eigenvalue weighted by atomic mass is 10.1. The highest BCUT2D eigenvalue weighted by atomic mass is 19.3. The second-order valence-corrected chi connectivity index (χ2v) is 3.83. The van der Waals surface area contributed by atoms with E-state index in [0.717, 1.165) is 5.69 Å². The van der Waals surface area contributed by atoms with E-state index in [0.29, 0.717) is 11.6 Å². The first kappa shape index (κ1) is 10.1. The van der Waals surface area contributed by atoms with Crippen molar-refractivity contribution in [1.82, 2.24) is 9.38 Å². The van der Waals surface area contributed by atoms with E-state index in [2.05, 4.69) is 4.98 Å². The Morgan fingerprint density at radius 1 is 1.33 bits per heavy atom. The Balaban J connectivity index is 2.57. The molecule has 0 aliphatic carbocycles. The fraction of sp³-hybridized carbons (Fsp3) is 0.364. The summed E-state index contributed by atoms with van der Waals surface area (Å²) in [5, 5.41) is 0. The second kappa shape index (κ2) is 3.61. The van der Waals surface area contributed by atoms with Crippen molar-refractivity contribution in [2.75, 3.05) is 0 Å². The zero-order valence-corrected chi connectivity index (χ0v) is 8.61. The third-order valence-electron chi connectivity index (χ3n) is 2.41. The van der Waals surface area contributed by atoms with Gasteiger partial charge in [0.2, 0.25) is 0 Å². The average molecular weight is 210 g/mol. The van der Waals surface area contributed by atoms with Crippen LogP contribution in [0.3, 0.4) is 0 Å². The SMILES string of the molecule is CC(C)c1cnc2cc(C(F)F)ccn12. The molecule has 0 amide bonds. The van der Waals surface area contributed by atoms with Crippen LogP contribution < -0.4 is 0 Å². The highest BCUT2D eigenvalue weighted by molar-refractivity contribution is 5.44. The fourth-order valence-electron chi connectivity index (χ4n) is 1.58. The van der Waals surface area contributed by atoms with Crippen molar-refractivity contribution in [3.8, 4) is 0 Å². The number of fused-ring (bicyclic) bond motifs is 1. The van der Waals surface area contributed by atoms with Gasteiger partial charge in [-0.1, -0.05) is 13.8 Å². The van der Waals surface area contributed by atoms with E-state index in [1.54, 1.807) is 12.4 Å². The van der Waals surface area contributed by atoms with Crippen molar-refractivity contribution in [3.05, 3.63) is 35.8 Å². The highest BCUT2D eigenvalue weighted by Gasteiger charge is 2.11. The van der Waals surface area contributed by atoms with Crippen LogP contribution in [-0.4, -0.2) is 9.38 Å². The Morgan fingerprint density at radius 2 is 2.07 bits per heavy atom. The number of hydrogen-bond acceptors (Lipinski definition) is 1. The van der Waals surface area contributed by atoms with Crippen LogP contribution in [0.15, 0.2) is 24.5 Å². The molecule has 0 radical (unpaired) electrons. The van der Waals surface area contributed by atoms with Gasteiger partial charge in [0.25, 0.3) is 6.43 Å². The van der Waals surface area contributed by atoms with Crippen LogP contribution in [0.4, 0.5) is 8.78 Å². The number of hydrogen-bond donors (Lipinski definition) is 0. The summed E-state index contributed by atoms with van der Waals surface area (Å²) in [4.78, 5) is 4.11. The summed E-state index contributed by atoms with van der Waals surface area (Å²) >= 11 is 0. The van der Waals surface area contributed by atoms with E-state index in [1.165, 1.54) is 12.1 Å². The van der Waals surface area contributed by atoms with Gasteiger partial charge in [0.15, 0.2) is 0 Å². The highest BCUT2D eigenvalue weighted by Crippen LogP contribution is 2.22. The van der Waals surface area contributed by atoms with Gasteiger partial charge in [-0.3, -0.25) is 0 Å². The Labute approximate surface area is 86.6 Å². The lowest BCUT2D eigenvalue weighted by Gasteiger charge is -2.05. The normalized spacial score (nSPS) is 11.9. The predicted molar refractivity (Wildman–Crippen MR) is 54.2 cm³/mol. The minimum Gasteiger partial charge on any atom is -0.304 e. The van der Waals surface area contributed by atoms with Crippen LogP contribution in [0.25, 0.3) is 5.65 Å². The standard InChI is InChI=1S/C11H12F2N2/c1-7(2)9-6-14-10-5-8(11(12)13)3-4-15(9)10/h3-7,11H,1-2H3. The van der Waals surface area contributed by atoms with E-state index in [-0.39, 0.29) is 5.56 Å². The Bertz CT molecular complexity index is 474. The topological polar surface area (TPSA) is 17.3 Å². The average Bonchev–Trinajstić information content (AvgIpc) is 2.59. The maximum Gasteiger partial charge on any atom is 0.264 e. The number of aromatic nitrogens is 2. The first-order valence-corrected chi connectivity index (χ1v) is 4.84. The van der Waals surface area contributed by atoms with Gasteiger partial charge in [0, 0.05) is 23.7 Å². The number of imidazole rings is 1. The minimum atomic E-state index is -2.44. The number of halogens is 2. The van der Waals surface area contributed by atoms with Crippen molar-refractivity contribution < 1.29 is 8.78 Å². The van der Waals surface area contributed by atoms with E-state index >= 15 is 0 Å². The van der Waals surface area contributed by atoms with Crippen molar-refractivity contribution in [3.63, 3.8) is 0 Å². The molecule has 0 aliphatic heterocycles. The Hall–Kier alpha value is -1.45. The summed E-state index contributed by atoms with van der Waals surface area (Å²) in [6.07, 6.45) is 0.947. The maximum absolute atomic E-state index is 12.4. The quantitative estimate of drug-likeness (QED) is 0.742. The first-order chi connectivity index (χ1) is 7.09. The van der Waals surface area contributed by atoms with Crippen LogP contribution in [0, 0.1) is 0 Å². The molecule has 2 heterocycles. The summed E-state index contributed by atoms with van der Waals surface area (Å²) in [6, 6.07) is 2.86. The Morgan fingerprint density at radius 3 is 2.67 bits per heavy atom. The molecule has 2 rings (SSSR count). The number of alkyl halides is 2. The zero-order chi connectivity index (χ0) is 11.0. The van der Waals surface area contributed by atoms with E-state index in [9.17, 15) is 8.78 Å². The zero-order valence-electron chi connectivity index (χ0n) is 8.61. The largest absolute Gasteiger partial charge is 0.304 e. The molecule has 2 aromatic heterocycles. The molecule has 0 atom stereocenters. The monoisotopic (exact) mass is 210 g/mol. The van der Waals surface area contributed by atoms with Crippen molar-refractivity contribution in [1.29, 1.82) is 0 Å². The number of pyridine rings is 1. The molecule has 0 spiro atoms. The van der Waals surface area contributed by atoms with Gasteiger partial charge >= 0.3 is 0 Å². The molecule has 0 N–H and O–H groups in total. The van der Waals surface area contributed by atoms with Crippen LogP contribution in [-0.2, 0) is 0 Å². The molecule has 0 bridgehead atoms.